The van der Waals surface area contributed by atoms with Crippen molar-refractivity contribution in [1.29, 1.82) is 0 Å². The van der Waals surface area contributed by atoms with Crippen molar-refractivity contribution in [2.75, 3.05) is 32.7 Å². The van der Waals surface area contributed by atoms with E-state index in [4.69, 9.17) is 0 Å². The summed E-state index contributed by atoms with van der Waals surface area (Å²) in [6.07, 6.45) is 5.91. The van der Waals surface area contributed by atoms with Crippen LogP contribution in [0.15, 0.2) is 24.3 Å². The maximum absolute atomic E-state index is 12.9. The summed E-state index contributed by atoms with van der Waals surface area (Å²) in [4.78, 5) is 17.6. The Labute approximate surface area is 145 Å². The van der Waals surface area contributed by atoms with Crippen molar-refractivity contribution in [3.8, 4) is 0 Å². The van der Waals surface area contributed by atoms with Crippen molar-refractivity contribution in [3.05, 3.63) is 35.4 Å². The summed E-state index contributed by atoms with van der Waals surface area (Å²) < 4.78 is 0. The largest absolute Gasteiger partial charge is 0.341 e. The summed E-state index contributed by atoms with van der Waals surface area (Å²) in [5, 5.41) is 3.44. The zero-order valence-corrected chi connectivity index (χ0v) is 14.5. The zero-order chi connectivity index (χ0) is 16.4. The molecule has 2 saturated heterocycles. The van der Waals surface area contributed by atoms with Crippen molar-refractivity contribution < 1.29 is 4.79 Å². The van der Waals surface area contributed by atoms with Gasteiger partial charge in [-0.25, -0.2) is 0 Å². The highest BCUT2D eigenvalue weighted by molar-refractivity contribution is 5.82. The molecule has 1 aromatic carbocycles. The lowest BCUT2D eigenvalue weighted by Crippen LogP contribution is -2.52. The van der Waals surface area contributed by atoms with E-state index >= 15 is 0 Å². The molecular weight excluding hydrogens is 298 g/mol. The highest BCUT2D eigenvalue weighted by atomic mass is 16.2. The number of amides is 1. The number of nitrogens with one attached hydrogen (secondary N) is 1. The van der Waals surface area contributed by atoms with E-state index in [0.717, 1.165) is 32.0 Å². The molecule has 0 aromatic heterocycles. The minimum Gasteiger partial charge on any atom is -0.341 e. The lowest BCUT2D eigenvalue weighted by atomic mass is 9.93. The minimum atomic E-state index is -0.0324. The Kier molecular flexibility index (Phi) is 4.86. The molecule has 3 aliphatic heterocycles. The molecule has 4 nitrogen and oxygen atoms in total. The monoisotopic (exact) mass is 327 g/mol. The summed E-state index contributed by atoms with van der Waals surface area (Å²) in [6, 6.07) is 8.45. The van der Waals surface area contributed by atoms with Crippen LogP contribution in [-0.4, -0.2) is 54.5 Å². The van der Waals surface area contributed by atoms with Crippen LogP contribution in [0.4, 0.5) is 0 Å². The molecule has 0 spiro atoms. The Morgan fingerprint density at radius 3 is 2.50 bits per heavy atom. The number of nitrogens with zero attached hydrogens (tertiary/aromatic N) is 2. The minimum absolute atomic E-state index is 0.0324. The predicted molar refractivity (Wildman–Crippen MR) is 95.8 cm³/mol. The number of hydrogen-bond acceptors (Lipinski definition) is 3. The summed E-state index contributed by atoms with van der Waals surface area (Å²) in [7, 11) is 0. The van der Waals surface area contributed by atoms with Gasteiger partial charge in [-0.2, -0.15) is 0 Å². The third kappa shape index (κ3) is 3.50. The first-order valence-corrected chi connectivity index (χ1v) is 9.61. The first-order valence-electron chi connectivity index (χ1n) is 9.61. The summed E-state index contributed by atoms with van der Waals surface area (Å²) in [5.74, 6) is 1.09. The van der Waals surface area contributed by atoms with Gasteiger partial charge in [0.15, 0.2) is 0 Å². The van der Waals surface area contributed by atoms with Crippen molar-refractivity contribution in [3.63, 3.8) is 0 Å². The van der Waals surface area contributed by atoms with Gasteiger partial charge in [0.2, 0.25) is 5.91 Å². The molecule has 0 radical (unpaired) electrons. The van der Waals surface area contributed by atoms with E-state index in [9.17, 15) is 4.79 Å². The average molecular weight is 327 g/mol. The van der Waals surface area contributed by atoms with Crippen LogP contribution in [0.5, 0.6) is 0 Å². The van der Waals surface area contributed by atoms with Crippen LogP contribution in [0.3, 0.4) is 0 Å². The standard InChI is InChI=1S/C20H29N3O/c24-20(19-13-17-5-1-2-6-18(17)14-21-19)23-11-7-16(8-12-23)15-22-9-3-4-10-22/h1-2,5-6,16,19,21H,3-4,7-15H2. The first kappa shape index (κ1) is 16.1. The molecule has 2 fully saturated rings. The van der Waals surface area contributed by atoms with E-state index in [-0.39, 0.29) is 6.04 Å². The number of benzene rings is 1. The zero-order valence-electron chi connectivity index (χ0n) is 14.5. The molecule has 3 heterocycles. The second kappa shape index (κ2) is 7.24. The van der Waals surface area contributed by atoms with Gasteiger partial charge in [0.1, 0.15) is 0 Å². The number of likely N-dealkylation sites (tertiary alicyclic amines) is 2. The van der Waals surface area contributed by atoms with Crippen molar-refractivity contribution in [1.82, 2.24) is 15.1 Å². The molecule has 4 rings (SSSR count). The SMILES string of the molecule is O=C(C1Cc2ccccc2CN1)N1CCC(CN2CCCC2)CC1. The summed E-state index contributed by atoms with van der Waals surface area (Å²) in [6.45, 7) is 6.51. The third-order valence-electron chi connectivity index (χ3n) is 6.02. The van der Waals surface area contributed by atoms with E-state index in [0.29, 0.717) is 5.91 Å². The normalized spacial score (nSPS) is 25.7. The van der Waals surface area contributed by atoms with Crippen LogP contribution in [0.25, 0.3) is 0 Å². The third-order valence-corrected chi connectivity index (χ3v) is 6.02. The maximum atomic E-state index is 12.9. The molecule has 1 amide bonds. The topological polar surface area (TPSA) is 35.6 Å². The molecule has 4 heteroatoms. The van der Waals surface area contributed by atoms with E-state index in [1.54, 1.807) is 0 Å². The average Bonchev–Trinajstić information content (AvgIpc) is 3.14. The van der Waals surface area contributed by atoms with Gasteiger partial charge < -0.3 is 15.1 Å². The second-order valence-electron chi connectivity index (χ2n) is 7.68. The molecule has 1 unspecified atom stereocenters. The quantitative estimate of drug-likeness (QED) is 0.923. The maximum Gasteiger partial charge on any atom is 0.240 e. The van der Waals surface area contributed by atoms with Gasteiger partial charge in [0, 0.05) is 26.2 Å². The fraction of sp³-hybridized carbons (Fsp3) is 0.650. The lowest BCUT2D eigenvalue weighted by Gasteiger charge is -2.37. The molecule has 1 N–H and O–H groups in total. The first-order chi connectivity index (χ1) is 11.8. The van der Waals surface area contributed by atoms with Crippen molar-refractivity contribution in [2.24, 2.45) is 5.92 Å². The molecule has 0 aliphatic carbocycles. The van der Waals surface area contributed by atoms with Gasteiger partial charge in [-0.05, 0) is 62.2 Å². The van der Waals surface area contributed by atoms with Crippen LogP contribution in [0.2, 0.25) is 0 Å². The van der Waals surface area contributed by atoms with Crippen LogP contribution in [0.1, 0.15) is 36.8 Å². The van der Waals surface area contributed by atoms with Gasteiger partial charge in [0.05, 0.1) is 6.04 Å². The number of carbonyl (C=O) groups excluding carboxylic acids is 1. The number of rotatable bonds is 3. The van der Waals surface area contributed by atoms with Gasteiger partial charge in [-0.15, -0.1) is 0 Å². The van der Waals surface area contributed by atoms with Crippen molar-refractivity contribution in [2.45, 2.75) is 44.7 Å². The van der Waals surface area contributed by atoms with Crippen LogP contribution in [0, 0.1) is 5.92 Å². The van der Waals surface area contributed by atoms with Crippen LogP contribution < -0.4 is 5.32 Å². The molecular formula is C20H29N3O. The van der Waals surface area contributed by atoms with E-state index < -0.39 is 0 Å². The Morgan fingerprint density at radius 2 is 1.75 bits per heavy atom. The van der Waals surface area contributed by atoms with Gasteiger partial charge in [-0.1, -0.05) is 24.3 Å². The smallest absolute Gasteiger partial charge is 0.240 e. The Bertz CT molecular complexity index is 574. The van der Waals surface area contributed by atoms with E-state index in [1.807, 2.05) is 0 Å². The molecule has 130 valence electrons. The van der Waals surface area contributed by atoms with Gasteiger partial charge in [-0.3, -0.25) is 4.79 Å². The molecule has 1 aromatic rings. The van der Waals surface area contributed by atoms with Crippen LogP contribution >= 0.6 is 0 Å². The summed E-state index contributed by atoms with van der Waals surface area (Å²) >= 11 is 0. The number of carbonyl (C=O) groups is 1. The Morgan fingerprint density at radius 1 is 1.04 bits per heavy atom. The predicted octanol–water partition coefficient (Wildman–Crippen LogP) is 2.04. The number of hydrogen-bond donors (Lipinski definition) is 1. The lowest BCUT2D eigenvalue weighted by molar-refractivity contribution is -0.135. The Hall–Kier alpha value is -1.39. The summed E-state index contributed by atoms with van der Waals surface area (Å²) in [5.41, 5.74) is 2.67. The molecule has 1 atom stereocenters. The van der Waals surface area contributed by atoms with Gasteiger partial charge >= 0.3 is 0 Å². The highest BCUT2D eigenvalue weighted by Crippen LogP contribution is 2.23. The number of fused-ring (bicyclic) bond motifs is 1. The van der Waals surface area contributed by atoms with E-state index in [1.165, 1.54) is 56.4 Å². The van der Waals surface area contributed by atoms with E-state index in [2.05, 4.69) is 39.4 Å². The highest BCUT2D eigenvalue weighted by Gasteiger charge is 2.31. The molecule has 0 bridgehead atoms. The van der Waals surface area contributed by atoms with Crippen LogP contribution in [-0.2, 0) is 17.8 Å². The number of piperidine rings is 1. The molecule has 24 heavy (non-hydrogen) atoms. The Balaban J connectivity index is 1.29. The van der Waals surface area contributed by atoms with Crippen molar-refractivity contribution >= 4 is 5.91 Å². The molecule has 0 saturated carbocycles. The molecule has 3 aliphatic rings. The van der Waals surface area contributed by atoms with Gasteiger partial charge in [0.25, 0.3) is 0 Å². The second-order valence-corrected chi connectivity index (χ2v) is 7.68. The fourth-order valence-electron chi connectivity index (χ4n) is 4.52. The fourth-order valence-corrected chi connectivity index (χ4v) is 4.52.